The van der Waals surface area contributed by atoms with Crippen LogP contribution in [0, 0.1) is 5.92 Å². The van der Waals surface area contributed by atoms with Gasteiger partial charge in [0.25, 0.3) is 5.91 Å². The van der Waals surface area contributed by atoms with E-state index in [1.807, 2.05) is 12.1 Å². The molecule has 1 aromatic heterocycles. The van der Waals surface area contributed by atoms with Crippen molar-refractivity contribution in [3.8, 4) is 11.3 Å². The summed E-state index contributed by atoms with van der Waals surface area (Å²) in [5.74, 6) is 0.540. The topological polar surface area (TPSA) is 66.6 Å². The number of aliphatic hydroxyl groups excluding tert-OH is 1. The molecule has 0 bridgehead atoms. The Morgan fingerprint density at radius 3 is 2.91 bits per heavy atom. The van der Waals surface area contributed by atoms with Crippen molar-refractivity contribution in [3.05, 3.63) is 41.0 Å². The quantitative estimate of drug-likeness (QED) is 0.944. The third-order valence-electron chi connectivity index (χ3n) is 3.92. The summed E-state index contributed by atoms with van der Waals surface area (Å²) >= 11 is 5.86. The Kier molecular flexibility index (Phi) is 4.45. The van der Waals surface area contributed by atoms with E-state index in [-0.39, 0.29) is 18.4 Å². The van der Waals surface area contributed by atoms with Crippen LogP contribution in [-0.4, -0.2) is 40.8 Å². The molecule has 1 atom stereocenters. The lowest BCUT2D eigenvalue weighted by Crippen LogP contribution is -2.41. The molecule has 1 amide bonds. The van der Waals surface area contributed by atoms with E-state index < -0.39 is 0 Å². The normalized spacial score (nSPS) is 18.5. The lowest BCUT2D eigenvalue weighted by molar-refractivity contribution is 0.0611. The van der Waals surface area contributed by atoms with E-state index in [1.54, 1.807) is 23.1 Å². The maximum absolute atomic E-state index is 12.5. The van der Waals surface area contributed by atoms with Gasteiger partial charge >= 0.3 is 0 Å². The van der Waals surface area contributed by atoms with Gasteiger partial charge in [0.2, 0.25) is 0 Å². The highest BCUT2D eigenvalue weighted by Gasteiger charge is 2.26. The van der Waals surface area contributed by atoms with Crippen LogP contribution >= 0.6 is 11.6 Å². The minimum atomic E-state index is -0.151. The zero-order chi connectivity index (χ0) is 15.5. The van der Waals surface area contributed by atoms with E-state index in [2.05, 4.69) is 5.16 Å². The van der Waals surface area contributed by atoms with E-state index in [4.69, 9.17) is 16.1 Å². The van der Waals surface area contributed by atoms with E-state index >= 15 is 0 Å². The predicted molar refractivity (Wildman–Crippen MR) is 82.7 cm³/mol. The molecule has 2 aromatic rings. The number of aromatic nitrogens is 1. The Balaban J connectivity index is 1.75. The average molecular weight is 321 g/mol. The van der Waals surface area contributed by atoms with Crippen molar-refractivity contribution in [1.29, 1.82) is 0 Å². The van der Waals surface area contributed by atoms with Crippen LogP contribution < -0.4 is 0 Å². The average Bonchev–Trinajstić information content (AvgIpc) is 3.05. The molecule has 1 fully saturated rings. The maximum Gasteiger partial charge on any atom is 0.276 e. The Bertz CT molecular complexity index is 654. The fraction of sp³-hybridized carbons (Fsp3) is 0.375. The van der Waals surface area contributed by atoms with Gasteiger partial charge in [-0.25, -0.2) is 0 Å². The highest BCUT2D eigenvalue weighted by atomic mass is 35.5. The number of amides is 1. The molecule has 1 aliphatic rings. The molecule has 0 spiro atoms. The Hall–Kier alpha value is -1.85. The SMILES string of the molecule is O=C(c1cc(-c2ccc(Cl)cc2)on1)N1CCCC(CO)C1. The first-order chi connectivity index (χ1) is 10.7. The summed E-state index contributed by atoms with van der Waals surface area (Å²) in [5, 5.41) is 13.8. The number of rotatable bonds is 3. The molecule has 6 heteroatoms. The van der Waals surface area contributed by atoms with Crippen LogP contribution in [-0.2, 0) is 0 Å². The molecule has 3 rings (SSSR count). The largest absolute Gasteiger partial charge is 0.396 e. The number of benzene rings is 1. The molecule has 1 saturated heterocycles. The van der Waals surface area contributed by atoms with Crippen molar-refractivity contribution in [2.24, 2.45) is 5.92 Å². The van der Waals surface area contributed by atoms with Crippen molar-refractivity contribution in [1.82, 2.24) is 10.1 Å². The molecular weight excluding hydrogens is 304 g/mol. The van der Waals surface area contributed by atoms with Crippen LogP contribution in [0.2, 0.25) is 5.02 Å². The predicted octanol–water partition coefficient (Wildman–Crippen LogP) is 2.84. The molecule has 5 nitrogen and oxygen atoms in total. The molecule has 0 aliphatic carbocycles. The Morgan fingerprint density at radius 2 is 2.18 bits per heavy atom. The second-order valence-electron chi connectivity index (χ2n) is 5.53. The first-order valence-corrected chi connectivity index (χ1v) is 7.68. The summed E-state index contributed by atoms with van der Waals surface area (Å²) in [7, 11) is 0. The van der Waals surface area contributed by atoms with Crippen molar-refractivity contribution in [2.45, 2.75) is 12.8 Å². The van der Waals surface area contributed by atoms with E-state index in [9.17, 15) is 9.90 Å². The molecule has 0 radical (unpaired) electrons. The number of aliphatic hydroxyl groups is 1. The van der Waals surface area contributed by atoms with Gasteiger partial charge in [-0.3, -0.25) is 4.79 Å². The second kappa shape index (κ2) is 6.50. The van der Waals surface area contributed by atoms with Crippen LogP contribution in [0.5, 0.6) is 0 Å². The zero-order valence-electron chi connectivity index (χ0n) is 12.0. The first-order valence-electron chi connectivity index (χ1n) is 7.30. The van der Waals surface area contributed by atoms with E-state index in [0.717, 1.165) is 18.4 Å². The molecular formula is C16H17ClN2O3. The molecule has 2 heterocycles. The minimum absolute atomic E-state index is 0.110. The Labute approximate surface area is 133 Å². The summed E-state index contributed by atoms with van der Waals surface area (Å²) in [6, 6.07) is 8.81. The van der Waals surface area contributed by atoms with Gasteiger partial charge in [0, 0.05) is 36.3 Å². The maximum atomic E-state index is 12.5. The van der Waals surface area contributed by atoms with E-state index in [0.29, 0.717) is 29.6 Å². The van der Waals surface area contributed by atoms with Gasteiger partial charge in [0.1, 0.15) is 0 Å². The fourth-order valence-corrected chi connectivity index (χ4v) is 2.81. The van der Waals surface area contributed by atoms with Crippen LogP contribution in [0.15, 0.2) is 34.9 Å². The van der Waals surface area contributed by atoms with Crippen LogP contribution in [0.1, 0.15) is 23.3 Å². The van der Waals surface area contributed by atoms with Gasteiger partial charge in [0.05, 0.1) is 0 Å². The number of piperidine rings is 1. The monoisotopic (exact) mass is 320 g/mol. The molecule has 1 N–H and O–H groups in total. The summed E-state index contributed by atoms with van der Waals surface area (Å²) < 4.78 is 5.27. The van der Waals surface area contributed by atoms with E-state index in [1.165, 1.54) is 0 Å². The molecule has 0 saturated carbocycles. The number of likely N-dealkylation sites (tertiary alicyclic amines) is 1. The number of hydrogen-bond acceptors (Lipinski definition) is 4. The molecule has 1 aromatic carbocycles. The van der Waals surface area contributed by atoms with Crippen LogP contribution in [0.25, 0.3) is 11.3 Å². The third-order valence-corrected chi connectivity index (χ3v) is 4.17. The Morgan fingerprint density at radius 1 is 1.41 bits per heavy atom. The van der Waals surface area contributed by atoms with Crippen LogP contribution in [0.4, 0.5) is 0 Å². The van der Waals surface area contributed by atoms with Crippen molar-refractivity contribution >= 4 is 17.5 Å². The first kappa shape index (κ1) is 15.1. The number of carbonyl (C=O) groups is 1. The highest BCUT2D eigenvalue weighted by Crippen LogP contribution is 2.24. The molecule has 116 valence electrons. The number of carbonyl (C=O) groups excluding carboxylic acids is 1. The van der Waals surface area contributed by atoms with Gasteiger partial charge in [-0.05, 0) is 43.0 Å². The lowest BCUT2D eigenvalue weighted by atomic mass is 9.99. The molecule has 22 heavy (non-hydrogen) atoms. The fourth-order valence-electron chi connectivity index (χ4n) is 2.69. The van der Waals surface area contributed by atoms with Gasteiger partial charge < -0.3 is 14.5 Å². The van der Waals surface area contributed by atoms with Crippen molar-refractivity contribution in [2.75, 3.05) is 19.7 Å². The van der Waals surface area contributed by atoms with Gasteiger partial charge in [-0.15, -0.1) is 0 Å². The number of nitrogens with zero attached hydrogens (tertiary/aromatic N) is 2. The highest BCUT2D eigenvalue weighted by molar-refractivity contribution is 6.30. The number of hydrogen-bond donors (Lipinski definition) is 1. The zero-order valence-corrected chi connectivity index (χ0v) is 12.8. The lowest BCUT2D eigenvalue weighted by Gasteiger charge is -2.31. The molecule has 1 unspecified atom stereocenters. The van der Waals surface area contributed by atoms with Crippen molar-refractivity contribution in [3.63, 3.8) is 0 Å². The third kappa shape index (κ3) is 3.15. The number of halogens is 1. The van der Waals surface area contributed by atoms with Gasteiger partial charge in [-0.1, -0.05) is 16.8 Å². The smallest absolute Gasteiger partial charge is 0.276 e. The summed E-state index contributed by atoms with van der Waals surface area (Å²) in [5.41, 5.74) is 1.12. The summed E-state index contributed by atoms with van der Waals surface area (Å²) in [6.07, 6.45) is 1.86. The van der Waals surface area contributed by atoms with Gasteiger partial charge in [0.15, 0.2) is 11.5 Å². The van der Waals surface area contributed by atoms with Gasteiger partial charge in [-0.2, -0.15) is 0 Å². The standard InChI is InChI=1S/C16H17ClN2O3/c17-13-5-3-12(4-6-13)15-8-14(18-22-15)16(21)19-7-1-2-11(9-19)10-20/h3-6,8,11,20H,1-2,7,9-10H2. The summed E-state index contributed by atoms with van der Waals surface area (Å²) in [6.45, 7) is 1.37. The molecule has 1 aliphatic heterocycles. The van der Waals surface area contributed by atoms with Crippen LogP contribution in [0.3, 0.4) is 0 Å². The minimum Gasteiger partial charge on any atom is -0.396 e. The van der Waals surface area contributed by atoms with Crippen molar-refractivity contribution < 1.29 is 14.4 Å². The second-order valence-corrected chi connectivity index (χ2v) is 5.96. The summed E-state index contributed by atoms with van der Waals surface area (Å²) in [4.78, 5) is 14.2.